The van der Waals surface area contributed by atoms with E-state index in [9.17, 15) is 9.18 Å². The number of aldehydes is 1. The maximum Gasteiger partial charge on any atom is 0.152 e. The average molecular weight is 188 g/mol. The van der Waals surface area contributed by atoms with Gasteiger partial charge in [0.2, 0.25) is 0 Å². The van der Waals surface area contributed by atoms with Crippen molar-refractivity contribution in [2.75, 3.05) is 5.73 Å². The van der Waals surface area contributed by atoms with Gasteiger partial charge in [-0.15, -0.1) is 11.6 Å². The second kappa shape index (κ2) is 3.54. The molecule has 0 heterocycles. The Morgan fingerprint density at radius 1 is 1.58 bits per heavy atom. The van der Waals surface area contributed by atoms with Gasteiger partial charge in [0.15, 0.2) is 6.29 Å². The molecule has 0 saturated heterocycles. The van der Waals surface area contributed by atoms with E-state index in [1.807, 2.05) is 0 Å². The molecule has 0 amide bonds. The van der Waals surface area contributed by atoms with Gasteiger partial charge in [-0.2, -0.15) is 0 Å². The Labute approximate surface area is 74.1 Å². The van der Waals surface area contributed by atoms with E-state index in [0.29, 0.717) is 6.29 Å². The molecule has 0 aliphatic rings. The fourth-order valence-corrected chi connectivity index (χ4v) is 1.17. The standard InChI is InChI=1S/C8H7ClFNO/c9-3-6-7(10)2-1-5(4-12)8(6)11/h1-2,4H,3,11H2. The van der Waals surface area contributed by atoms with Crippen LogP contribution in [0.15, 0.2) is 12.1 Å². The number of carbonyl (C=O) groups excluding carboxylic acids is 1. The number of benzene rings is 1. The molecule has 0 atom stereocenters. The van der Waals surface area contributed by atoms with Crippen LogP contribution in [0.2, 0.25) is 0 Å². The summed E-state index contributed by atoms with van der Waals surface area (Å²) in [5.74, 6) is -0.507. The van der Waals surface area contributed by atoms with Crippen molar-refractivity contribution in [2.24, 2.45) is 0 Å². The number of carbonyl (C=O) groups is 1. The second-order valence-electron chi connectivity index (χ2n) is 2.28. The molecular formula is C8H7ClFNO. The minimum atomic E-state index is -0.479. The van der Waals surface area contributed by atoms with Crippen molar-refractivity contribution in [1.82, 2.24) is 0 Å². The molecule has 0 saturated carbocycles. The van der Waals surface area contributed by atoms with Gasteiger partial charge >= 0.3 is 0 Å². The Kier molecular flexibility index (Phi) is 2.65. The summed E-state index contributed by atoms with van der Waals surface area (Å²) in [4.78, 5) is 10.4. The molecule has 0 bridgehead atoms. The topological polar surface area (TPSA) is 43.1 Å². The number of hydrogen-bond acceptors (Lipinski definition) is 2. The Morgan fingerprint density at radius 2 is 2.25 bits per heavy atom. The lowest BCUT2D eigenvalue weighted by Crippen LogP contribution is -2.00. The lowest BCUT2D eigenvalue weighted by Gasteiger charge is -2.04. The number of hydrogen-bond donors (Lipinski definition) is 1. The van der Waals surface area contributed by atoms with Crippen molar-refractivity contribution in [2.45, 2.75) is 5.88 Å². The summed E-state index contributed by atoms with van der Waals surface area (Å²) in [5, 5.41) is 0. The predicted molar refractivity (Wildman–Crippen MR) is 45.8 cm³/mol. The molecule has 0 aromatic heterocycles. The molecule has 2 nitrogen and oxygen atoms in total. The fourth-order valence-electron chi connectivity index (χ4n) is 0.895. The van der Waals surface area contributed by atoms with Gasteiger partial charge in [-0.1, -0.05) is 0 Å². The third-order valence-corrected chi connectivity index (χ3v) is 1.86. The average Bonchev–Trinajstić information content (AvgIpc) is 2.06. The second-order valence-corrected chi connectivity index (χ2v) is 2.55. The van der Waals surface area contributed by atoms with Crippen molar-refractivity contribution >= 4 is 23.6 Å². The summed E-state index contributed by atoms with van der Waals surface area (Å²) in [6.45, 7) is 0. The van der Waals surface area contributed by atoms with Crippen LogP contribution in [0.3, 0.4) is 0 Å². The van der Waals surface area contributed by atoms with E-state index in [2.05, 4.69) is 0 Å². The van der Waals surface area contributed by atoms with Gasteiger partial charge in [-0.05, 0) is 12.1 Å². The Hall–Kier alpha value is -1.09. The van der Waals surface area contributed by atoms with E-state index >= 15 is 0 Å². The maximum absolute atomic E-state index is 12.9. The van der Waals surface area contributed by atoms with Crippen molar-refractivity contribution in [3.05, 3.63) is 29.1 Å². The highest BCUT2D eigenvalue weighted by Crippen LogP contribution is 2.21. The Morgan fingerprint density at radius 3 is 2.75 bits per heavy atom. The minimum absolute atomic E-state index is 0.0284. The zero-order chi connectivity index (χ0) is 9.14. The first-order valence-electron chi connectivity index (χ1n) is 3.28. The van der Waals surface area contributed by atoms with Crippen LogP contribution in [0.4, 0.5) is 10.1 Å². The quantitative estimate of drug-likeness (QED) is 0.437. The molecule has 0 radical (unpaired) electrons. The predicted octanol–water partition coefficient (Wildman–Crippen LogP) is 1.96. The van der Waals surface area contributed by atoms with Crippen molar-refractivity contribution in [3.8, 4) is 0 Å². The van der Waals surface area contributed by atoms with Gasteiger partial charge in [-0.3, -0.25) is 4.79 Å². The van der Waals surface area contributed by atoms with Crippen LogP contribution in [-0.4, -0.2) is 6.29 Å². The Bertz CT molecular complexity index is 314. The first-order chi connectivity index (χ1) is 5.70. The fraction of sp³-hybridized carbons (Fsp3) is 0.125. The molecule has 0 spiro atoms. The SMILES string of the molecule is Nc1c(C=O)ccc(F)c1CCl. The number of nitrogen functional groups attached to an aromatic ring is 1. The van der Waals surface area contributed by atoms with E-state index in [4.69, 9.17) is 17.3 Å². The molecule has 1 aromatic carbocycles. The lowest BCUT2D eigenvalue weighted by atomic mass is 10.1. The lowest BCUT2D eigenvalue weighted by molar-refractivity contribution is 0.112. The zero-order valence-corrected chi connectivity index (χ0v) is 6.94. The van der Waals surface area contributed by atoms with Crippen LogP contribution in [0.5, 0.6) is 0 Å². The first kappa shape index (κ1) is 9.00. The smallest absolute Gasteiger partial charge is 0.152 e. The van der Waals surface area contributed by atoms with Crippen LogP contribution in [-0.2, 0) is 5.88 Å². The van der Waals surface area contributed by atoms with Gasteiger partial charge in [-0.25, -0.2) is 4.39 Å². The molecule has 2 N–H and O–H groups in total. The summed E-state index contributed by atoms with van der Waals surface area (Å²) in [6, 6.07) is 2.51. The summed E-state index contributed by atoms with van der Waals surface area (Å²) >= 11 is 5.43. The van der Waals surface area contributed by atoms with Gasteiger partial charge in [0.1, 0.15) is 5.82 Å². The largest absolute Gasteiger partial charge is 0.398 e. The zero-order valence-electron chi connectivity index (χ0n) is 6.18. The number of rotatable bonds is 2. The number of alkyl halides is 1. The van der Waals surface area contributed by atoms with Crippen molar-refractivity contribution in [1.29, 1.82) is 0 Å². The van der Waals surface area contributed by atoms with E-state index in [1.165, 1.54) is 12.1 Å². The van der Waals surface area contributed by atoms with Gasteiger partial charge in [0, 0.05) is 16.8 Å². The van der Waals surface area contributed by atoms with Crippen LogP contribution >= 0.6 is 11.6 Å². The highest BCUT2D eigenvalue weighted by atomic mass is 35.5. The van der Waals surface area contributed by atoms with Gasteiger partial charge in [0.05, 0.1) is 5.88 Å². The third kappa shape index (κ3) is 1.41. The molecule has 0 unspecified atom stereocenters. The molecule has 0 fully saturated rings. The van der Waals surface area contributed by atoms with Crippen molar-refractivity contribution < 1.29 is 9.18 Å². The first-order valence-corrected chi connectivity index (χ1v) is 3.82. The molecule has 0 aliphatic carbocycles. The number of anilines is 1. The molecule has 0 aliphatic heterocycles. The van der Waals surface area contributed by atoms with Crippen LogP contribution in [0.25, 0.3) is 0 Å². The van der Waals surface area contributed by atoms with Crippen molar-refractivity contribution in [3.63, 3.8) is 0 Å². The highest BCUT2D eigenvalue weighted by Gasteiger charge is 2.08. The van der Waals surface area contributed by atoms with Crippen LogP contribution < -0.4 is 5.73 Å². The maximum atomic E-state index is 12.9. The van der Waals surface area contributed by atoms with E-state index in [1.54, 1.807) is 0 Å². The summed E-state index contributed by atoms with van der Waals surface area (Å²) in [7, 11) is 0. The van der Waals surface area contributed by atoms with E-state index in [0.717, 1.165) is 0 Å². The molecular weight excluding hydrogens is 181 g/mol. The molecule has 12 heavy (non-hydrogen) atoms. The van der Waals surface area contributed by atoms with Gasteiger partial charge < -0.3 is 5.73 Å². The summed E-state index contributed by atoms with van der Waals surface area (Å²) in [5.41, 5.74) is 6.03. The molecule has 4 heteroatoms. The van der Waals surface area contributed by atoms with E-state index in [-0.39, 0.29) is 22.7 Å². The van der Waals surface area contributed by atoms with Crippen LogP contribution in [0.1, 0.15) is 15.9 Å². The van der Waals surface area contributed by atoms with Gasteiger partial charge in [0.25, 0.3) is 0 Å². The molecule has 64 valence electrons. The van der Waals surface area contributed by atoms with Crippen LogP contribution in [0, 0.1) is 5.82 Å². The monoisotopic (exact) mass is 187 g/mol. The summed E-state index contributed by atoms with van der Waals surface area (Å²) in [6.07, 6.45) is 0.574. The number of halogens is 2. The molecule has 1 aromatic rings. The third-order valence-electron chi connectivity index (χ3n) is 1.59. The normalized spacial score (nSPS) is 9.83. The molecule has 1 rings (SSSR count). The summed E-state index contributed by atoms with van der Waals surface area (Å²) < 4.78 is 12.9. The Balaban J connectivity index is 3.33. The highest BCUT2D eigenvalue weighted by molar-refractivity contribution is 6.17. The minimum Gasteiger partial charge on any atom is -0.398 e. The van der Waals surface area contributed by atoms with E-state index < -0.39 is 5.82 Å². The number of nitrogens with two attached hydrogens (primary N) is 1.